The fraction of sp³-hybridized carbons (Fsp3) is 1.00. The molecule has 0 saturated carbocycles. The Morgan fingerprint density at radius 3 is 2.08 bits per heavy atom. The van der Waals surface area contributed by atoms with Gasteiger partial charge >= 0.3 is 0 Å². The van der Waals surface area contributed by atoms with Crippen LogP contribution in [0, 0.1) is 11.8 Å². The van der Waals surface area contributed by atoms with Gasteiger partial charge in [0.05, 0.1) is 6.10 Å². The normalized spacial score (nSPS) is 28.4. The van der Waals surface area contributed by atoms with Crippen molar-refractivity contribution in [1.29, 1.82) is 0 Å². The van der Waals surface area contributed by atoms with Gasteiger partial charge in [0.2, 0.25) is 0 Å². The maximum Gasteiger partial charge on any atom is 0.118 e. The number of rotatable bonds is 2. The molecule has 2 heteroatoms. The Kier molecular flexibility index (Phi) is 3.70. The molecule has 1 atom stereocenters. The molecule has 0 N–H and O–H groups in total. The maximum atomic E-state index is 6.16. The Morgan fingerprint density at radius 1 is 1.23 bits per heavy atom. The highest BCUT2D eigenvalue weighted by atomic mass is 32.2. The van der Waals surface area contributed by atoms with Crippen LogP contribution >= 0.6 is 11.8 Å². The molecule has 1 rings (SSSR count). The van der Waals surface area contributed by atoms with Crippen LogP contribution in [0.2, 0.25) is 0 Å². The zero-order valence-corrected chi connectivity index (χ0v) is 10.3. The summed E-state index contributed by atoms with van der Waals surface area (Å²) in [5.74, 6) is 2.44. The molecule has 1 fully saturated rings. The first-order valence-corrected chi connectivity index (χ1v) is 6.29. The van der Waals surface area contributed by atoms with E-state index in [1.54, 1.807) is 0 Å². The summed E-state index contributed by atoms with van der Waals surface area (Å²) >= 11 is 2.01. The summed E-state index contributed by atoms with van der Waals surface area (Å²) in [7, 11) is 0. The number of ether oxygens (including phenoxy) is 1. The lowest BCUT2D eigenvalue weighted by molar-refractivity contribution is -0.0850. The van der Waals surface area contributed by atoms with Crippen molar-refractivity contribution in [1.82, 2.24) is 0 Å². The summed E-state index contributed by atoms with van der Waals surface area (Å²) in [5, 5.41) is 0. The van der Waals surface area contributed by atoms with E-state index in [2.05, 4.69) is 34.6 Å². The summed E-state index contributed by atoms with van der Waals surface area (Å²) in [4.78, 5) is 0.0671. The van der Waals surface area contributed by atoms with E-state index in [9.17, 15) is 0 Å². The van der Waals surface area contributed by atoms with Gasteiger partial charge in [-0.3, -0.25) is 0 Å². The van der Waals surface area contributed by atoms with E-state index in [0.29, 0.717) is 17.9 Å². The van der Waals surface area contributed by atoms with Crippen LogP contribution in [0.5, 0.6) is 0 Å². The molecule has 0 spiro atoms. The Labute approximate surface area is 86.6 Å². The number of hydrogen-bond acceptors (Lipinski definition) is 2. The highest BCUT2D eigenvalue weighted by Crippen LogP contribution is 2.45. The van der Waals surface area contributed by atoms with Crippen LogP contribution in [0.1, 0.15) is 41.0 Å². The van der Waals surface area contributed by atoms with Gasteiger partial charge in [-0.2, -0.15) is 0 Å². The zero-order chi connectivity index (χ0) is 10.1. The number of hydrogen-bond donors (Lipinski definition) is 0. The molecule has 1 aliphatic heterocycles. The van der Waals surface area contributed by atoms with E-state index in [-0.39, 0.29) is 4.93 Å². The lowest BCUT2D eigenvalue weighted by Gasteiger charge is -2.45. The van der Waals surface area contributed by atoms with Crippen molar-refractivity contribution < 1.29 is 4.74 Å². The van der Waals surface area contributed by atoms with Crippen LogP contribution in [-0.2, 0) is 4.74 Å². The first-order chi connectivity index (χ1) is 5.99. The fourth-order valence-electron chi connectivity index (χ4n) is 2.06. The Hall–Kier alpha value is 0.310. The van der Waals surface area contributed by atoms with Crippen LogP contribution in [0.3, 0.4) is 0 Å². The zero-order valence-electron chi connectivity index (χ0n) is 9.46. The molecule has 1 heterocycles. The average Bonchev–Trinajstić information content (AvgIpc) is 2.03. The van der Waals surface area contributed by atoms with Crippen molar-refractivity contribution in [2.24, 2.45) is 11.8 Å². The summed E-state index contributed by atoms with van der Waals surface area (Å²) < 4.78 is 6.16. The standard InChI is InChI=1S/C11H22OS/c1-8(2)11(9(3)4)12-10(5)6-7-13-11/h8-10H,6-7H2,1-5H3. The topological polar surface area (TPSA) is 9.23 Å². The van der Waals surface area contributed by atoms with Gasteiger partial charge in [-0.25, -0.2) is 0 Å². The summed E-state index contributed by atoms with van der Waals surface area (Å²) in [6, 6.07) is 0. The minimum atomic E-state index is 0.0671. The van der Waals surface area contributed by atoms with Crippen LogP contribution in [-0.4, -0.2) is 16.8 Å². The van der Waals surface area contributed by atoms with Crippen LogP contribution < -0.4 is 0 Å². The van der Waals surface area contributed by atoms with Crippen molar-refractivity contribution in [3.63, 3.8) is 0 Å². The SMILES string of the molecule is CC1CCSC(C(C)C)(C(C)C)O1. The van der Waals surface area contributed by atoms with Crippen molar-refractivity contribution in [2.75, 3.05) is 5.75 Å². The minimum Gasteiger partial charge on any atom is -0.361 e. The predicted octanol–water partition coefficient (Wildman–Crippen LogP) is 3.54. The molecule has 0 amide bonds. The van der Waals surface area contributed by atoms with Crippen molar-refractivity contribution in [2.45, 2.75) is 52.1 Å². The first-order valence-electron chi connectivity index (χ1n) is 5.30. The Bertz CT molecular complexity index is 157. The molecular formula is C11H22OS. The van der Waals surface area contributed by atoms with E-state index in [1.807, 2.05) is 11.8 Å². The van der Waals surface area contributed by atoms with Gasteiger partial charge in [-0.15, -0.1) is 11.8 Å². The molecule has 0 aromatic heterocycles. The molecule has 1 unspecified atom stereocenters. The third-order valence-electron chi connectivity index (χ3n) is 2.85. The molecular weight excluding hydrogens is 180 g/mol. The predicted molar refractivity (Wildman–Crippen MR) is 60.0 cm³/mol. The molecule has 1 nitrogen and oxygen atoms in total. The molecule has 1 saturated heterocycles. The Morgan fingerprint density at radius 2 is 1.77 bits per heavy atom. The average molecular weight is 202 g/mol. The van der Waals surface area contributed by atoms with Crippen molar-refractivity contribution in [3.05, 3.63) is 0 Å². The molecule has 78 valence electrons. The molecule has 0 radical (unpaired) electrons. The van der Waals surface area contributed by atoms with Gasteiger partial charge in [0.25, 0.3) is 0 Å². The molecule has 0 aliphatic carbocycles. The van der Waals surface area contributed by atoms with Crippen LogP contribution in [0.25, 0.3) is 0 Å². The largest absolute Gasteiger partial charge is 0.361 e. The second-order valence-electron chi connectivity index (χ2n) is 4.60. The number of thioether (sulfide) groups is 1. The lowest BCUT2D eigenvalue weighted by atomic mass is 9.94. The molecule has 1 aliphatic rings. The molecule has 0 aromatic carbocycles. The highest BCUT2D eigenvalue weighted by molar-refractivity contribution is 8.00. The van der Waals surface area contributed by atoms with Crippen LogP contribution in [0.15, 0.2) is 0 Å². The maximum absolute atomic E-state index is 6.16. The molecule has 0 bridgehead atoms. The van der Waals surface area contributed by atoms with Gasteiger partial charge in [0.15, 0.2) is 0 Å². The van der Waals surface area contributed by atoms with E-state index in [4.69, 9.17) is 4.74 Å². The quantitative estimate of drug-likeness (QED) is 0.677. The minimum absolute atomic E-state index is 0.0671. The second-order valence-corrected chi connectivity index (χ2v) is 5.93. The summed E-state index contributed by atoms with van der Waals surface area (Å²) in [6.07, 6.45) is 1.64. The van der Waals surface area contributed by atoms with Gasteiger partial charge in [0.1, 0.15) is 4.93 Å². The van der Waals surface area contributed by atoms with Gasteiger partial charge < -0.3 is 4.74 Å². The van der Waals surface area contributed by atoms with Gasteiger partial charge in [-0.1, -0.05) is 27.7 Å². The highest BCUT2D eigenvalue weighted by Gasteiger charge is 2.42. The summed E-state index contributed by atoms with van der Waals surface area (Å²) in [6.45, 7) is 11.3. The van der Waals surface area contributed by atoms with Crippen molar-refractivity contribution >= 4 is 11.8 Å². The third kappa shape index (κ3) is 2.21. The van der Waals surface area contributed by atoms with E-state index in [0.717, 1.165) is 0 Å². The second kappa shape index (κ2) is 4.22. The lowest BCUT2D eigenvalue weighted by Crippen LogP contribution is -2.45. The van der Waals surface area contributed by atoms with E-state index >= 15 is 0 Å². The molecule has 13 heavy (non-hydrogen) atoms. The van der Waals surface area contributed by atoms with Gasteiger partial charge in [0, 0.05) is 0 Å². The van der Waals surface area contributed by atoms with E-state index < -0.39 is 0 Å². The Balaban J connectivity index is 2.77. The molecule has 0 aromatic rings. The van der Waals surface area contributed by atoms with Crippen molar-refractivity contribution in [3.8, 4) is 0 Å². The fourth-order valence-corrected chi connectivity index (χ4v) is 3.73. The third-order valence-corrected chi connectivity index (χ3v) is 4.78. The first kappa shape index (κ1) is 11.4. The summed E-state index contributed by atoms with van der Waals surface area (Å²) in [5.41, 5.74) is 0. The smallest absolute Gasteiger partial charge is 0.118 e. The van der Waals surface area contributed by atoms with Gasteiger partial charge in [-0.05, 0) is 30.9 Å². The monoisotopic (exact) mass is 202 g/mol. The van der Waals surface area contributed by atoms with E-state index in [1.165, 1.54) is 12.2 Å². The van der Waals surface area contributed by atoms with Crippen LogP contribution in [0.4, 0.5) is 0 Å².